The first-order valence-electron chi connectivity index (χ1n) is 8.91. The summed E-state index contributed by atoms with van der Waals surface area (Å²) < 4.78 is 43.1. The summed E-state index contributed by atoms with van der Waals surface area (Å²) in [6.45, 7) is 3.39. The third-order valence-corrected chi connectivity index (χ3v) is 5.36. The minimum absolute atomic E-state index is 0.432. The zero-order valence-corrected chi connectivity index (χ0v) is 15.0. The summed E-state index contributed by atoms with van der Waals surface area (Å²) in [6.07, 6.45) is -0.195. The topological polar surface area (TPSA) is 41.5 Å². The third-order valence-electron chi connectivity index (χ3n) is 5.36. The van der Waals surface area contributed by atoms with E-state index in [2.05, 4.69) is 19.8 Å². The van der Waals surface area contributed by atoms with Gasteiger partial charge in [-0.15, -0.1) is 0 Å². The summed E-state index contributed by atoms with van der Waals surface area (Å²) in [7, 11) is 1.61. The van der Waals surface area contributed by atoms with Gasteiger partial charge in [0.2, 0.25) is 5.88 Å². The van der Waals surface area contributed by atoms with Crippen LogP contribution in [0.15, 0.2) is 36.7 Å². The molecule has 2 saturated heterocycles. The Hall–Kier alpha value is -2.19. The molecule has 0 saturated carbocycles. The lowest BCUT2D eigenvalue weighted by molar-refractivity contribution is -0.141. The number of halogens is 3. The highest BCUT2D eigenvalue weighted by atomic mass is 19.4. The number of likely N-dealkylation sites (tertiary alicyclic amines) is 2. The maximum atomic E-state index is 12.6. The summed E-state index contributed by atoms with van der Waals surface area (Å²) >= 11 is 0. The highest BCUT2D eigenvalue weighted by Crippen LogP contribution is 2.33. The first-order valence-corrected chi connectivity index (χ1v) is 8.91. The second kappa shape index (κ2) is 7.09. The van der Waals surface area contributed by atoms with Gasteiger partial charge in [0.15, 0.2) is 0 Å². The smallest absolute Gasteiger partial charge is 0.433 e. The Morgan fingerprint density at radius 1 is 1.04 bits per heavy atom. The number of rotatable bonds is 5. The molecule has 27 heavy (non-hydrogen) atoms. The van der Waals surface area contributed by atoms with Crippen LogP contribution in [0, 0.1) is 0 Å². The molecule has 2 unspecified atom stereocenters. The fourth-order valence-electron chi connectivity index (χ4n) is 4.03. The molecule has 2 aliphatic heterocycles. The Labute approximate surface area is 155 Å². The lowest BCUT2D eigenvalue weighted by atomic mass is 10.2. The van der Waals surface area contributed by atoms with Crippen molar-refractivity contribution < 1.29 is 17.9 Å². The van der Waals surface area contributed by atoms with Crippen molar-refractivity contribution in [3.8, 4) is 5.88 Å². The van der Waals surface area contributed by atoms with Crippen molar-refractivity contribution in [3.63, 3.8) is 0 Å². The molecule has 8 heteroatoms. The van der Waals surface area contributed by atoms with Crippen molar-refractivity contribution in [1.82, 2.24) is 19.8 Å². The van der Waals surface area contributed by atoms with Crippen LogP contribution < -0.4 is 4.74 Å². The van der Waals surface area contributed by atoms with E-state index in [4.69, 9.17) is 4.74 Å². The summed E-state index contributed by atoms with van der Waals surface area (Å²) in [5, 5.41) is 0. The lowest BCUT2D eigenvalue weighted by Crippen LogP contribution is -2.45. The number of hydrogen-bond acceptors (Lipinski definition) is 5. The Balaban J connectivity index is 1.34. The largest absolute Gasteiger partial charge is 0.481 e. The van der Waals surface area contributed by atoms with Crippen LogP contribution in [0.3, 0.4) is 0 Å². The van der Waals surface area contributed by atoms with Gasteiger partial charge in [0.1, 0.15) is 5.69 Å². The molecule has 4 heterocycles. The number of alkyl halides is 3. The Morgan fingerprint density at radius 3 is 2.30 bits per heavy atom. The van der Waals surface area contributed by atoms with Crippen LogP contribution in [0.1, 0.15) is 23.2 Å². The van der Waals surface area contributed by atoms with Crippen molar-refractivity contribution in [2.24, 2.45) is 0 Å². The van der Waals surface area contributed by atoms with Crippen LogP contribution in [-0.2, 0) is 19.3 Å². The molecule has 0 spiro atoms. The minimum atomic E-state index is -4.39. The lowest BCUT2D eigenvalue weighted by Gasteiger charge is -2.34. The number of nitrogens with zero attached hydrogens (tertiary/aromatic N) is 4. The average Bonchev–Trinajstić information content (AvgIpc) is 3.21. The maximum absolute atomic E-state index is 12.6. The molecule has 2 aromatic rings. The summed E-state index contributed by atoms with van der Waals surface area (Å²) in [6, 6.07) is 7.45. The number of ether oxygens (including phenoxy) is 1. The Kier molecular flexibility index (Phi) is 4.77. The zero-order valence-electron chi connectivity index (χ0n) is 15.0. The number of piperazine rings is 1. The van der Waals surface area contributed by atoms with Crippen molar-refractivity contribution in [3.05, 3.63) is 53.5 Å². The molecule has 2 bridgehead atoms. The number of hydrogen-bond donors (Lipinski definition) is 0. The standard InChI is InChI=1S/C19H21F3N4O/c1-27-18-6-13(4-5-23-18)9-25-11-16-7-15(25)12-26(16)10-14-2-3-17(24-8-14)19(20,21)22/h2-6,8,15-16H,7,9-12H2,1H3. The van der Waals surface area contributed by atoms with Gasteiger partial charge in [-0.25, -0.2) is 4.98 Å². The van der Waals surface area contributed by atoms with E-state index in [1.165, 1.54) is 17.8 Å². The van der Waals surface area contributed by atoms with E-state index < -0.39 is 11.9 Å². The molecule has 144 valence electrons. The predicted molar refractivity (Wildman–Crippen MR) is 93.0 cm³/mol. The van der Waals surface area contributed by atoms with E-state index in [0.717, 1.165) is 37.7 Å². The van der Waals surface area contributed by atoms with E-state index in [0.29, 0.717) is 24.5 Å². The molecule has 5 nitrogen and oxygen atoms in total. The van der Waals surface area contributed by atoms with E-state index >= 15 is 0 Å². The normalized spacial score (nSPS) is 23.1. The Bertz CT molecular complexity index is 796. The highest BCUT2D eigenvalue weighted by molar-refractivity contribution is 5.21. The highest BCUT2D eigenvalue weighted by Gasteiger charge is 2.42. The SMILES string of the molecule is COc1cc(CN2CC3CC2CN3Cc2ccc(C(F)(F)F)nc2)ccn1. The van der Waals surface area contributed by atoms with Crippen LogP contribution in [0.25, 0.3) is 0 Å². The minimum Gasteiger partial charge on any atom is -0.481 e. The van der Waals surface area contributed by atoms with Gasteiger partial charge in [0.05, 0.1) is 7.11 Å². The van der Waals surface area contributed by atoms with Gasteiger partial charge >= 0.3 is 6.18 Å². The average molecular weight is 378 g/mol. The van der Waals surface area contributed by atoms with Gasteiger partial charge in [0.25, 0.3) is 0 Å². The third kappa shape index (κ3) is 3.91. The van der Waals surface area contributed by atoms with E-state index in [1.54, 1.807) is 13.3 Å². The molecule has 0 N–H and O–H groups in total. The zero-order chi connectivity index (χ0) is 19.0. The molecule has 2 fully saturated rings. The summed E-state index contributed by atoms with van der Waals surface area (Å²) in [4.78, 5) is 12.5. The number of fused-ring (bicyclic) bond motifs is 2. The summed E-state index contributed by atoms with van der Waals surface area (Å²) in [5.41, 5.74) is 1.15. The first kappa shape index (κ1) is 18.2. The number of pyridine rings is 2. The van der Waals surface area contributed by atoms with E-state index in [1.807, 2.05) is 12.1 Å². The van der Waals surface area contributed by atoms with Gasteiger partial charge in [-0.3, -0.25) is 14.8 Å². The second-order valence-electron chi connectivity index (χ2n) is 7.16. The van der Waals surface area contributed by atoms with Gasteiger partial charge in [-0.1, -0.05) is 6.07 Å². The Morgan fingerprint density at radius 2 is 1.74 bits per heavy atom. The van der Waals surface area contributed by atoms with Crippen molar-refractivity contribution in [2.45, 2.75) is 37.8 Å². The fourth-order valence-corrected chi connectivity index (χ4v) is 4.03. The second-order valence-corrected chi connectivity index (χ2v) is 7.16. The van der Waals surface area contributed by atoms with Crippen molar-refractivity contribution in [2.75, 3.05) is 20.2 Å². The molecule has 0 radical (unpaired) electrons. The van der Waals surface area contributed by atoms with E-state index in [9.17, 15) is 13.2 Å². The van der Waals surface area contributed by atoms with Gasteiger partial charge in [-0.2, -0.15) is 13.2 Å². The van der Waals surface area contributed by atoms with Gasteiger partial charge in [0, 0.05) is 56.7 Å². The molecular formula is C19H21F3N4O. The first-order chi connectivity index (χ1) is 12.9. The monoisotopic (exact) mass is 378 g/mol. The van der Waals surface area contributed by atoms with Gasteiger partial charge < -0.3 is 4.74 Å². The van der Waals surface area contributed by atoms with Crippen molar-refractivity contribution >= 4 is 0 Å². The molecule has 2 atom stereocenters. The molecular weight excluding hydrogens is 357 g/mol. The molecule has 0 aliphatic carbocycles. The predicted octanol–water partition coefficient (Wildman–Crippen LogP) is 2.96. The van der Waals surface area contributed by atoms with Crippen LogP contribution in [0.2, 0.25) is 0 Å². The molecule has 2 aliphatic rings. The van der Waals surface area contributed by atoms with Gasteiger partial charge in [-0.05, 0) is 29.7 Å². The van der Waals surface area contributed by atoms with E-state index in [-0.39, 0.29) is 0 Å². The van der Waals surface area contributed by atoms with Crippen LogP contribution in [0.5, 0.6) is 5.88 Å². The van der Waals surface area contributed by atoms with Crippen LogP contribution >= 0.6 is 0 Å². The summed E-state index contributed by atoms with van der Waals surface area (Å²) in [5.74, 6) is 0.619. The number of methoxy groups -OCH3 is 1. The maximum Gasteiger partial charge on any atom is 0.433 e. The number of aromatic nitrogens is 2. The fraction of sp³-hybridized carbons (Fsp3) is 0.474. The molecule has 0 amide bonds. The molecule has 0 aromatic carbocycles. The molecule has 2 aromatic heterocycles. The van der Waals surface area contributed by atoms with Crippen molar-refractivity contribution in [1.29, 1.82) is 0 Å². The van der Waals surface area contributed by atoms with Crippen LogP contribution in [0.4, 0.5) is 13.2 Å². The van der Waals surface area contributed by atoms with Crippen LogP contribution in [-0.4, -0.2) is 52.1 Å². The quantitative estimate of drug-likeness (QED) is 0.800. The molecule has 4 rings (SSSR count).